The Morgan fingerprint density at radius 1 is 1.33 bits per heavy atom. The van der Waals surface area contributed by atoms with Gasteiger partial charge in [-0.05, 0) is 12.3 Å². The van der Waals surface area contributed by atoms with Crippen LogP contribution in [-0.2, 0) is 19.0 Å². The van der Waals surface area contributed by atoms with E-state index >= 15 is 0 Å². The van der Waals surface area contributed by atoms with Gasteiger partial charge >= 0.3 is 0 Å². The lowest BCUT2D eigenvalue weighted by Crippen LogP contribution is -2.51. The van der Waals surface area contributed by atoms with Gasteiger partial charge in [-0.15, -0.1) is 0 Å². The van der Waals surface area contributed by atoms with Gasteiger partial charge in [0, 0.05) is 6.42 Å². The maximum Gasteiger partial charge on any atom is 0.181 e. The summed E-state index contributed by atoms with van der Waals surface area (Å²) in [4.78, 5) is 11.8. The van der Waals surface area contributed by atoms with E-state index in [1.807, 2.05) is 0 Å². The lowest BCUT2D eigenvalue weighted by molar-refractivity contribution is -0.229. The van der Waals surface area contributed by atoms with Crippen LogP contribution in [0.2, 0.25) is 0 Å². The highest BCUT2D eigenvalue weighted by molar-refractivity contribution is 5.85. The van der Waals surface area contributed by atoms with Crippen LogP contribution < -0.4 is 0 Å². The number of carbonyl (C=O) groups is 1. The molecule has 1 saturated carbocycles. The van der Waals surface area contributed by atoms with Crippen molar-refractivity contribution in [2.24, 2.45) is 11.8 Å². The molecule has 3 atom stereocenters. The highest BCUT2D eigenvalue weighted by Crippen LogP contribution is 2.46. The average molecular weight is 212 g/mol. The van der Waals surface area contributed by atoms with E-state index < -0.39 is 5.79 Å². The van der Waals surface area contributed by atoms with Crippen molar-refractivity contribution in [1.82, 2.24) is 0 Å². The molecule has 3 aliphatic rings. The Bertz CT molecular complexity index is 282. The van der Waals surface area contributed by atoms with E-state index in [4.69, 9.17) is 14.2 Å². The maximum atomic E-state index is 11.8. The van der Waals surface area contributed by atoms with Gasteiger partial charge in [0.25, 0.3) is 0 Å². The van der Waals surface area contributed by atoms with Crippen LogP contribution in [-0.4, -0.2) is 37.5 Å². The predicted molar refractivity (Wildman–Crippen MR) is 51.3 cm³/mol. The Balaban J connectivity index is 1.93. The Morgan fingerprint density at radius 3 is 2.80 bits per heavy atom. The molecule has 2 aliphatic heterocycles. The molecule has 4 nitrogen and oxygen atoms in total. The van der Waals surface area contributed by atoms with Crippen LogP contribution in [0.5, 0.6) is 0 Å². The van der Waals surface area contributed by atoms with Crippen LogP contribution in [0.4, 0.5) is 0 Å². The monoisotopic (exact) mass is 212 g/mol. The van der Waals surface area contributed by atoms with Gasteiger partial charge in [0.05, 0.1) is 19.3 Å². The molecule has 3 rings (SSSR count). The lowest BCUT2D eigenvalue weighted by Gasteiger charge is -2.41. The zero-order valence-electron chi connectivity index (χ0n) is 8.90. The number of hydrogen-bond donors (Lipinski definition) is 0. The first kappa shape index (κ1) is 9.75. The smallest absolute Gasteiger partial charge is 0.181 e. The molecule has 1 spiro atoms. The second-order valence-corrected chi connectivity index (χ2v) is 4.85. The number of Topliss-reactive ketones (excluding diaryl/α,β-unsaturated/α-hetero) is 1. The zero-order valence-corrected chi connectivity index (χ0v) is 8.90. The summed E-state index contributed by atoms with van der Waals surface area (Å²) >= 11 is 0. The summed E-state index contributed by atoms with van der Waals surface area (Å²) in [6.07, 6.45) is 1.79. The molecule has 0 aromatic rings. The van der Waals surface area contributed by atoms with Crippen LogP contribution in [0.3, 0.4) is 0 Å². The van der Waals surface area contributed by atoms with Crippen LogP contribution >= 0.6 is 0 Å². The standard InChI is InChI=1S/C11H16O4/c1-7-4-9-10(8(12)6-13-9)11(5-7)14-2-3-15-11/h7,9-10H,2-6H2,1H3/t7-,9-,10-/m0/s1. The summed E-state index contributed by atoms with van der Waals surface area (Å²) in [5, 5.41) is 0. The van der Waals surface area contributed by atoms with Gasteiger partial charge in [-0.25, -0.2) is 0 Å². The van der Waals surface area contributed by atoms with Crippen LogP contribution in [0, 0.1) is 11.8 Å². The van der Waals surface area contributed by atoms with Gasteiger partial charge in [0.1, 0.15) is 12.5 Å². The van der Waals surface area contributed by atoms with Crippen molar-refractivity contribution in [2.75, 3.05) is 19.8 Å². The fraction of sp³-hybridized carbons (Fsp3) is 0.909. The fourth-order valence-electron chi connectivity index (χ4n) is 3.18. The molecule has 0 radical (unpaired) electrons. The number of ether oxygens (including phenoxy) is 3. The fourth-order valence-corrected chi connectivity index (χ4v) is 3.18. The number of ketones is 1. The SMILES string of the molecule is C[C@H]1C[C@@H]2OCC(=O)[C@@H]2C2(C1)OCCO2. The second kappa shape index (κ2) is 3.27. The Labute approximate surface area is 88.9 Å². The van der Waals surface area contributed by atoms with Crippen LogP contribution in [0.1, 0.15) is 19.8 Å². The van der Waals surface area contributed by atoms with E-state index in [1.165, 1.54) is 0 Å². The van der Waals surface area contributed by atoms with E-state index in [2.05, 4.69) is 6.92 Å². The summed E-state index contributed by atoms with van der Waals surface area (Å²) < 4.78 is 16.9. The molecule has 0 amide bonds. The van der Waals surface area contributed by atoms with Crippen LogP contribution in [0.15, 0.2) is 0 Å². The third-order valence-electron chi connectivity index (χ3n) is 3.68. The van der Waals surface area contributed by atoms with Gasteiger partial charge in [-0.3, -0.25) is 4.79 Å². The van der Waals surface area contributed by atoms with Crippen molar-refractivity contribution in [3.8, 4) is 0 Å². The largest absolute Gasteiger partial charge is 0.369 e. The zero-order chi connectivity index (χ0) is 10.5. The molecule has 0 N–H and O–H groups in total. The molecule has 0 unspecified atom stereocenters. The number of hydrogen-bond acceptors (Lipinski definition) is 4. The Morgan fingerprint density at radius 2 is 2.07 bits per heavy atom. The highest BCUT2D eigenvalue weighted by atomic mass is 16.7. The molecular formula is C11H16O4. The van der Waals surface area contributed by atoms with E-state index in [1.54, 1.807) is 0 Å². The third kappa shape index (κ3) is 1.35. The molecule has 2 heterocycles. The van der Waals surface area contributed by atoms with Gasteiger partial charge in [-0.1, -0.05) is 6.92 Å². The van der Waals surface area contributed by atoms with Crippen molar-refractivity contribution in [2.45, 2.75) is 31.7 Å². The van der Waals surface area contributed by atoms with Gasteiger partial charge < -0.3 is 14.2 Å². The van der Waals surface area contributed by atoms with Crippen molar-refractivity contribution >= 4 is 5.78 Å². The van der Waals surface area contributed by atoms with Gasteiger partial charge in [0.15, 0.2) is 11.6 Å². The summed E-state index contributed by atoms with van der Waals surface area (Å²) in [6, 6.07) is 0. The molecule has 1 aliphatic carbocycles. The van der Waals surface area contributed by atoms with Gasteiger partial charge in [-0.2, -0.15) is 0 Å². The first-order valence-corrected chi connectivity index (χ1v) is 5.63. The highest BCUT2D eigenvalue weighted by Gasteiger charge is 2.58. The lowest BCUT2D eigenvalue weighted by atomic mass is 9.75. The van der Waals surface area contributed by atoms with E-state index in [0.29, 0.717) is 19.1 Å². The van der Waals surface area contributed by atoms with E-state index in [-0.39, 0.29) is 24.4 Å². The molecule has 15 heavy (non-hydrogen) atoms. The second-order valence-electron chi connectivity index (χ2n) is 4.85. The summed E-state index contributed by atoms with van der Waals surface area (Å²) in [5.74, 6) is -0.198. The minimum absolute atomic E-state index is 0.0133. The Hall–Kier alpha value is -0.450. The normalized spacial score (nSPS) is 43.5. The number of rotatable bonds is 0. The maximum absolute atomic E-state index is 11.8. The summed E-state index contributed by atoms with van der Waals surface area (Å²) in [6.45, 7) is 3.60. The Kier molecular flexibility index (Phi) is 2.13. The van der Waals surface area contributed by atoms with Crippen molar-refractivity contribution in [3.05, 3.63) is 0 Å². The molecule has 4 heteroatoms. The summed E-state index contributed by atoms with van der Waals surface area (Å²) in [5.41, 5.74) is 0. The van der Waals surface area contributed by atoms with Crippen molar-refractivity contribution in [1.29, 1.82) is 0 Å². The average Bonchev–Trinajstić information content (AvgIpc) is 2.75. The van der Waals surface area contributed by atoms with E-state index in [0.717, 1.165) is 12.8 Å². The molecule has 0 aromatic heterocycles. The van der Waals surface area contributed by atoms with Gasteiger partial charge in [0.2, 0.25) is 0 Å². The molecule has 2 saturated heterocycles. The topological polar surface area (TPSA) is 44.8 Å². The minimum atomic E-state index is -0.657. The minimum Gasteiger partial charge on any atom is -0.369 e. The quantitative estimate of drug-likeness (QED) is 0.594. The molecular weight excluding hydrogens is 196 g/mol. The molecule has 0 aromatic carbocycles. The number of fused-ring (bicyclic) bond motifs is 2. The van der Waals surface area contributed by atoms with Crippen molar-refractivity contribution in [3.63, 3.8) is 0 Å². The molecule has 3 fully saturated rings. The predicted octanol–water partition coefficient (Wildman–Crippen LogP) is 0.744. The van der Waals surface area contributed by atoms with Crippen molar-refractivity contribution < 1.29 is 19.0 Å². The first-order valence-electron chi connectivity index (χ1n) is 5.63. The molecule has 84 valence electrons. The van der Waals surface area contributed by atoms with Crippen LogP contribution in [0.25, 0.3) is 0 Å². The summed E-state index contributed by atoms with van der Waals surface area (Å²) in [7, 11) is 0. The number of carbonyl (C=O) groups excluding carboxylic acids is 1. The van der Waals surface area contributed by atoms with E-state index in [9.17, 15) is 4.79 Å². The molecule has 0 bridgehead atoms. The first-order chi connectivity index (χ1) is 7.21. The third-order valence-corrected chi connectivity index (χ3v) is 3.68.